The Balaban J connectivity index is 1.33. The van der Waals surface area contributed by atoms with Crippen molar-refractivity contribution in [3.05, 3.63) is 78.0 Å². The molecule has 1 saturated carbocycles. The van der Waals surface area contributed by atoms with Gasteiger partial charge < -0.3 is 5.32 Å². The average molecular weight is 553 g/mol. The van der Waals surface area contributed by atoms with E-state index in [1.807, 2.05) is 0 Å². The van der Waals surface area contributed by atoms with Crippen LogP contribution in [0.4, 0.5) is 22.0 Å². The van der Waals surface area contributed by atoms with Gasteiger partial charge in [0, 0.05) is 24.4 Å². The molecule has 1 aliphatic heterocycles. The van der Waals surface area contributed by atoms with Crippen molar-refractivity contribution in [3.8, 4) is 11.3 Å². The Kier molecular flexibility index (Phi) is 6.46. The van der Waals surface area contributed by atoms with Gasteiger partial charge >= 0.3 is 6.18 Å². The van der Waals surface area contributed by atoms with E-state index < -0.39 is 51.2 Å². The third kappa shape index (κ3) is 4.75. The normalized spacial score (nSPS) is 21.0. The van der Waals surface area contributed by atoms with Gasteiger partial charge in [-0.15, -0.1) is 0 Å². The first-order valence-electron chi connectivity index (χ1n) is 11.6. The number of amides is 1. The Morgan fingerprint density at radius 3 is 2.39 bits per heavy atom. The number of pyridine rings is 2. The number of carbonyl (C=O) groups excluding carboxylic acids is 1. The van der Waals surface area contributed by atoms with E-state index in [1.165, 1.54) is 18.3 Å². The lowest BCUT2D eigenvalue weighted by atomic mass is 10.1. The van der Waals surface area contributed by atoms with Crippen molar-refractivity contribution in [2.45, 2.75) is 54.6 Å². The molecule has 1 N–H and O–H groups in total. The molecular weight excluding hydrogens is 531 g/mol. The zero-order chi connectivity index (χ0) is 27.3. The summed E-state index contributed by atoms with van der Waals surface area (Å²) in [6.07, 6.45) is -3.74. The van der Waals surface area contributed by atoms with Gasteiger partial charge in [-0.1, -0.05) is 0 Å². The maximum Gasteiger partial charge on any atom is 0.417 e. The van der Waals surface area contributed by atoms with E-state index in [0.29, 0.717) is 17.5 Å². The summed E-state index contributed by atoms with van der Waals surface area (Å²) in [6, 6.07) is 7.98. The molecule has 0 radical (unpaired) electrons. The molecule has 5 rings (SSSR count). The van der Waals surface area contributed by atoms with Crippen LogP contribution in [0, 0.1) is 5.82 Å². The summed E-state index contributed by atoms with van der Waals surface area (Å²) in [5.74, 6) is -1.35. The van der Waals surface area contributed by atoms with Crippen molar-refractivity contribution in [3.63, 3.8) is 0 Å². The van der Waals surface area contributed by atoms with Gasteiger partial charge in [-0.3, -0.25) is 14.8 Å². The van der Waals surface area contributed by atoms with E-state index in [-0.39, 0.29) is 36.4 Å². The third-order valence-corrected chi connectivity index (χ3v) is 8.82. The second kappa shape index (κ2) is 9.38. The molecule has 7 nitrogen and oxygen atoms in total. The molecule has 2 aliphatic rings. The monoisotopic (exact) mass is 552 g/mol. The minimum Gasteiger partial charge on any atom is -0.349 e. The summed E-state index contributed by atoms with van der Waals surface area (Å²) in [6.45, 7) is -0.141. The van der Waals surface area contributed by atoms with Gasteiger partial charge in [0.2, 0.25) is 15.9 Å². The Morgan fingerprint density at radius 1 is 1.08 bits per heavy atom. The number of rotatable bonds is 6. The van der Waals surface area contributed by atoms with Crippen LogP contribution < -0.4 is 5.32 Å². The molecular formula is C25H21F5N4O3S. The number of aromatic nitrogens is 2. The molecule has 2 fully saturated rings. The highest BCUT2D eigenvalue weighted by Gasteiger charge is 2.67. The zero-order valence-electron chi connectivity index (χ0n) is 19.6. The SMILES string of the molecule is O=C(NCc1cc(-c2ccc(C(F)(F)F)cn2)ccn1)[C@@H]1C[C@@H](F)C2(CC2)N1S(=O)(=O)c1ccc(F)cc1. The average Bonchev–Trinajstić information content (AvgIpc) is 3.62. The fraction of sp³-hybridized carbons (Fsp3) is 0.320. The van der Waals surface area contributed by atoms with Crippen LogP contribution in [0.25, 0.3) is 11.3 Å². The molecule has 1 aliphatic carbocycles. The van der Waals surface area contributed by atoms with E-state index in [9.17, 15) is 30.8 Å². The van der Waals surface area contributed by atoms with Gasteiger partial charge in [0.25, 0.3) is 0 Å². The van der Waals surface area contributed by atoms with E-state index in [2.05, 4.69) is 15.3 Å². The molecule has 13 heteroatoms. The largest absolute Gasteiger partial charge is 0.417 e. The molecule has 2 aromatic heterocycles. The number of alkyl halides is 4. The smallest absolute Gasteiger partial charge is 0.349 e. The number of nitrogens with one attached hydrogen (secondary N) is 1. The van der Waals surface area contributed by atoms with E-state index in [0.717, 1.165) is 34.6 Å². The highest BCUT2D eigenvalue weighted by molar-refractivity contribution is 7.89. The first-order chi connectivity index (χ1) is 17.9. The number of hydrogen-bond donors (Lipinski definition) is 1. The zero-order valence-corrected chi connectivity index (χ0v) is 20.4. The predicted molar refractivity (Wildman–Crippen MR) is 125 cm³/mol. The molecule has 1 saturated heterocycles. The van der Waals surface area contributed by atoms with Gasteiger partial charge in [-0.2, -0.15) is 17.5 Å². The summed E-state index contributed by atoms with van der Waals surface area (Å²) in [7, 11) is -4.31. The summed E-state index contributed by atoms with van der Waals surface area (Å²) in [5, 5.41) is 2.59. The van der Waals surface area contributed by atoms with Crippen molar-refractivity contribution < 1.29 is 35.2 Å². The Labute approximate surface area is 214 Å². The topological polar surface area (TPSA) is 92.3 Å². The lowest BCUT2D eigenvalue weighted by molar-refractivity contribution is -0.137. The van der Waals surface area contributed by atoms with Crippen LogP contribution in [0.2, 0.25) is 0 Å². The van der Waals surface area contributed by atoms with E-state index in [4.69, 9.17) is 0 Å². The standard InChI is InChI=1S/C25H21F5N4O3S/c26-17-2-4-19(5-3-17)38(36,37)34-21(12-22(27)24(34)8-9-24)23(35)33-14-18-11-15(7-10-31-18)20-6-1-16(13-32-20)25(28,29)30/h1-7,10-11,13,21-22H,8-9,12,14H2,(H,33,35)/t21-,22+/m0/s1. The van der Waals surface area contributed by atoms with Crippen molar-refractivity contribution >= 4 is 15.9 Å². The van der Waals surface area contributed by atoms with Crippen molar-refractivity contribution in [1.82, 2.24) is 19.6 Å². The quantitative estimate of drug-likeness (QED) is 0.462. The van der Waals surface area contributed by atoms with Gasteiger partial charge in [-0.05, 0) is 61.4 Å². The van der Waals surface area contributed by atoms with Crippen molar-refractivity contribution in [2.24, 2.45) is 0 Å². The summed E-state index contributed by atoms with van der Waals surface area (Å²) in [5.41, 5.74) is -1.14. The van der Waals surface area contributed by atoms with Crippen LogP contribution in [0.15, 0.2) is 65.8 Å². The second-order valence-corrected chi connectivity index (χ2v) is 11.1. The van der Waals surface area contributed by atoms with E-state index in [1.54, 1.807) is 6.07 Å². The molecule has 3 aromatic rings. The molecule has 3 heterocycles. The van der Waals surface area contributed by atoms with Crippen molar-refractivity contribution in [2.75, 3.05) is 0 Å². The maximum absolute atomic E-state index is 15.0. The molecule has 2 atom stereocenters. The first kappa shape index (κ1) is 26.2. The Hall–Kier alpha value is -3.45. The predicted octanol–water partition coefficient (Wildman–Crippen LogP) is 4.25. The number of hydrogen-bond acceptors (Lipinski definition) is 5. The number of carbonyl (C=O) groups is 1. The molecule has 0 unspecified atom stereocenters. The van der Waals surface area contributed by atoms with Crippen molar-refractivity contribution in [1.29, 1.82) is 0 Å². The summed E-state index contributed by atoms with van der Waals surface area (Å²) in [4.78, 5) is 20.9. The molecule has 200 valence electrons. The lowest BCUT2D eigenvalue weighted by Gasteiger charge is -2.29. The minimum absolute atomic E-state index is 0.141. The third-order valence-electron chi connectivity index (χ3n) is 6.82. The second-order valence-electron chi connectivity index (χ2n) is 9.26. The van der Waals surface area contributed by atoms with Gasteiger partial charge in [0.1, 0.15) is 18.0 Å². The number of halogens is 5. The first-order valence-corrected chi connectivity index (χ1v) is 13.1. The highest BCUT2D eigenvalue weighted by atomic mass is 32.2. The van der Waals surface area contributed by atoms with Gasteiger partial charge in [-0.25, -0.2) is 17.2 Å². The number of nitrogens with zero attached hydrogens (tertiary/aromatic N) is 3. The molecule has 1 aromatic carbocycles. The fourth-order valence-corrected chi connectivity index (χ4v) is 6.72. The van der Waals surface area contributed by atoms with Crippen LogP contribution in [-0.2, 0) is 27.5 Å². The fourth-order valence-electron chi connectivity index (χ4n) is 4.72. The Bertz CT molecular complexity index is 1460. The summed E-state index contributed by atoms with van der Waals surface area (Å²) < 4.78 is 94.5. The van der Waals surface area contributed by atoms with Gasteiger partial charge in [0.15, 0.2) is 0 Å². The number of benzene rings is 1. The van der Waals surface area contributed by atoms with Gasteiger partial charge in [0.05, 0.1) is 33.9 Å². The summed E-state index contributed by atoms with van der Waals surface area (Å²) >= 11 is 0. The Morgan fingerprint density at radius 2 is 1.79 bits per heavy atom. The van der Waals surface area contributed by atoms with E-state index >= 15 is 4.39 Å². The molecule has 1 amide bonds. The lowest BCUT2D eigenvalue weighted by Crippen LogP contribution is -2.50. The van der Waals surface area contributed by atoms with Crippen LogP contribution in [0.5, 0.6) is 0 Å². The number of sulfonamides is 1. The minimum atomic E-state index is -4.52. The highest BCUT2D eigenvalue weighted by Crippen LogP contribution is 2.55. The maximum atomic E-state index is 15.0. The molecule has 38 heavy (non-hydrogen) atoms. The van der Waals surface area contributed by atoms with Crippen LogP contribution in [0.1, 0.15) is 30.5 Å². The molecule has 1 spiro atoms. The van der Waals surface area contributed by atoms with Crippen LogP contribution in [-0.4, -0.2) is 46.4 Å². The van der Waals surface area contributed by atoms with Crippen LogP contribution >= 0.6 is 0 Å². The molecule has 0 bridgehead atoms. The van der Waals surface area contributed by atoms with Crippen LogP contribution in [0.3, 0.4) is 0 Å².